The lowest BCUT2D eigenvalue weighted by atomic mass is 10.0. The van der Waals surface area contributed by atoms with Gasteiger partial charge in [0, 0.05) is 0 Å². The van der Waals surface area contributed by atoms with Crippen molar-refractivity contribution in [3.8, 4) is 0 Å². The van der Waals surface area contributed by atoms with E-state index in [-0.39, 0.29) is 10.6 Å². The minimum atomic E-state index is -0.712. The number of carbonyl (C=O) groups is 1. The Morgan fingerprint density at radius 3 is 2.79 bits per heavy atom. The summed E-state index contributed by atoms with van der Waals surface area (Å²) in [7, 11) is 0. The van der Waals surface area contributed by atoms with Gasteiger partial charge < -0.3 is 4.74 Å². The molecular formula is C15H20ClFO2. The zero-order chi connectivity index (χ0) is 14.3. The third-order valence-electron chi connectivity index (χ3n) is 3.16. The maximum absolute atomic E-state index is 13.6. The Balaban J connectivity index is 2.57. The highest BCUT2D eigenvalue weighted by molar-refractivity contribution is 6.31. The Labute approximate surface area is 118 Å². The number of unbranched alkanes of at least 4 members (excludes halogenated alkanes) is 1. The van der Waals surface area contributed by atoms with Gasteiger partial charge in [-0.2, -0.15) is 0 Å². The average molecular weight is 287 g/mol. The molecule has 0 amide bonds. The first-order valence-corrected chi connectivity index (χ1v) is 7.09. The number of hydrogen-bond acceptors (Lipinski definition) is 2. The third-order valence-corrected chi connectivity index (χ3v) is 3.46. The molecular weight excluding hydrogens is 267 g/mol. The summed E-state index contributed by atoms with van der Waals surface area (Å²) in [6.07, 6.45) is 4.21. The molecule has 0 aliphatic carbocycles. The number of halogens is 2. The number of rotatable bonds is 7. The Morgan fingerprint density at radius 1 is 1.42 bits per heavy atom. The van der Waals surface area contributed by atoms with Crippen LogP contribution in [-0.4, -0.2) is 12.6 Å². The van der Waals surface area contributed by atoms with Gasteiger partial charge in [0.15, 0.2) is 5.82 Å². The molecule has 0 bridgehead atoms. The third kappa shape index (κ3) is 4.83. The smallest absolute Gasteiger partial charge is 0.341 e. The lowest BCUT2D eigenvalue weighted by Crippen LogP contribution is -2.15. The van der Waals surface area contributed by atoms with Crippen LogP contribution in [0.3, 0.4) is 0 Å². The van der Waals surface area contributed by atoms with E-state index in [1.165, 1.54) is 18.2 Å². The number of carbonyl (C=O) groups excluding carboxylic acids is 1. The van der Waals surface area contributed by atoms with Gasteiger partial charge in [0.2, 0.25) is 0 Å². The first-order valence-electron chi connectivity index (χ1n) is 6.71. The first kappa shape index (κ1) is 16.0. The van der Waals surface area contributed by atoms with Crippen LogP contribution in [0.5, 0.6) is 0 Å². The predicted molar refractivity (Wildman–Crippen MR) is 75.0 cm³/mol. The van der Waals surface area contributed by atoms with E-state index in [1.807, 2.05) is 0 Å². The lowest BCUT2D eigenvalue weighted by molar-refractivity contribution is 0.0423. The summed E-state index contributed by atoms with van der Waals surface area (Å²) >= 11 is 5.63. The van der Waals surface area contributed by atoms with Crippen LogP contribution >= 0.6 is 11.6 Å². The Bertz CT molecular complexity index is 421. The summed E-state index contributed by atoms with van der Waals surface area (Å²) in [6, 6.07) is 4.33. The van der Waals surface area contributed by atoms with Gasteiger partial charge in [-0.25, -0.2) is 9.18 Å². The molecule has 1 aromatic rings. The minimum Gasteiger partial charge on any atom is -0.462 e. The van der Waals surface area contributed by atoms with Crippen molar-refractivity contribution in [1.29, 1.82) is 0 Å². The van der Waals surface area contributed by atoms with E-state index >= 15 is 0 Å². The molecule has 0 aromatic heterocycles. The highest BCUT2D eigenvalue weighted by Gasteiger charge is 2.17. The zero-order valence-electron chi connectivity index (χ0n) is 11.4. The van der Waals surface area contributed by atoms with E-state index in [4.69, 9.17) is 16.3 Å². The molecule has 0 radical (unpaired) electrons. The van der Waals surface area contributed by atoms with Gasteiger partial charge in [0.1, 0.15) is 0 Å². The Kier molecular flexibility index (Phi) is 6.85. The molecule has 0 aliphatic heterocycles. The minimum absolute atomic E-state index is 0.0625. The molecule has 2 nitrogen and oxygen atoms in total. The van der Waals surface area contributed by atoms with Crippen molar-refractivity contribution in [3.63, 3.8) is 0 Å². The van der Waals surface area contributed by atoms with Crippen LogP contribution in [0.2, 0.25) is 5.02 Å². The molecule has 19 heavy (non-hydrogen) atoms. The second-order valence-electron chi connectivity index (χ2n) is 4.62. The van der Waals surface area contributed by atoms with Gasteiger partial charge in [-0.15, -0.1) is 0 Å². The van der Waals surface area contributed by atoms with Crippen molar-refractivity contribution >= 4 is 17.6 Å². The maximum Gasteiger partial charge on any atom is 0.341 e. The van der Waals surface area contributed by atoms with E-state index in [0.717, 1.165) is 25.7 Å². The second kappa shape index (κ2) is 8.16. The van der Waals surface area contributed by atoms with Gasteiger partial charge in [-0.05, 0) is 24.5 Å². The number of benzene rings is 1. The molecule has 0 heterocycles. The van der Waals surface area contributed by atoms with Crippen LogP contribution in [0.25, 0.3) is 0 Å². The largest absolute Gasteiger partial charge is 0.462 e. The fourth-order valence-corrected chi connectivity index (χ4v) is 2.01. The molecule has 0 spiro atoms. The van der Waals surface area contributed by atoms with Gasteiger partial charge in [0.25, 0.3) is 0 Å². The van der Waals surface area contributed by atoms with Gasteiger partial charge in [-0.1, -0.05) is 50.8 Å². The van der Waals surface area contributed by atoms with E-state index in [2.05, 4.69) is 13.8 Å². The summed E-state index contributed by atoms with van der Waals surface area (Å²) in [5.41, 5.74) is -0.0992. The number of ether oxygens (including phenoxy) is 1. The summed E-state index contributed by atoms with van der Waals surface area (Å²) in [4.78, 5) is 11.8. The van der Waals surface area contributed by atoms with Crippen molar-refractivity contribution in [2.24, 2.45) is 5.92 Å². The molecule has 4 heteroatoms. The molecule has 1 aromatic carbocycles. The predicted octanol–water partition coefficient (Wildman–Crippen LogP) is 4.85. The fourth-order valence-electron chi connectivity index (χ4n) is 1.83. The number of hydrogen-bond donors (Lipinski definition) is 0. The van der Waals surface area contributed by atoms with E-state index in [0.29, 0.717) is 12.5 Å². The van der Waals surface area contributed by atoms with Crippen LogP contribution in [0.1, 0.15) is 49.9 Å². The highest BCUT2D eigenvalue weighted by Crippen LogP contribution is 2.19. The van der Waals surface area contributed by atoms with Crippen molar-refractivity contribution in [1.82, 2.24) is 0 Å². The molecule has 0 fully saturated rings. The standard InChI is InChI=1S/C15H20ClFO2/c1-3-5-7-11(4-2)10-19-15(18)12-8-6-9-13(16)14(12)17/h6,8-9,11H,3-5,7,10H2,1-2H3. The van der Waals surface area contributed by atoms with Gasteiger partial charge in [0.05, 0.1) is 17.2 Å². The number of esters is 1. The zero-order valence-corrected chi connectivity index (χ0v) is 12.2. The molecule has 0 aliphatic rings. The molecule has 0 saturated carbocycles. The molecule has 0 N–H and O–H groups in total. The molecule has 106 valence electrons. The lowest BCUT2D eigenvalue weighted by Gasteiger charge is -2.14. The van der Waals surface area contributed by atoms with Gasteiger partial charge in [-0.3, -0.25) is 0 Å². The van der Waals surface area contributed by atoms with Crippen LogP contribution in [0.15, 0.2) is 18.2 Å². The first-order chi connectivity index (χ1) is 9.10. The SMILES string of the molecule is CCCCC(CC)COC(=O)c1cccc(Cl)c1F. The molecule has 1 rings (SSSR count). The average Bonchev–Trinajstić information content (AvgIpc) is 2.42. The fraction of sp³-hybridized carbons (Fsp3) is 0.533. The topological polar surface area (TPSA) is 26.3 Å². The van der Waals surface area contributed by atoms with Gasteiger partial charge >= 0.3 is 5.97 Å². The van der Waals surface area contributed by atoms with Crippen LogP contribution < -0.4 is 0 Å². The Hall–Kier alpha value is -1.09. The summed E-state index contributed by atoms with van der Waals surface area (Å²) < 4.78 is 18.8. The monoisotopic (exact) mass is 286 g/mol. The highest BCUT2D eigenvalue weighted by atomic mass is 35.5. The maximum atomic E-state index is 13.6. The van der Waals surface area contributed by atoms with Crippen molar-refractivity contribution < 1.29 is 13.9 Å². The summed E-state index contributed by atoms with van der Waals surface area (Å²) in [5.74, 6) is -1.02. The normalized spacial score (nSPS) is 12.2. The van der Waals surface area contributed by atoms with Crippen LogP contribution in [0, 0.1) is 11.7 Å². The van der Waals surface area contributed by atoms with E-state index < -0.39 is 11.8 Å². The molecule has 1 atom stereocenters. The van der Waals surface area contributed by atoms with Crippen LogP contribution in [0.4, 0.5) is 4.39 Å². The summed E-state index contributed by atoms with van der Waals surface area (Å²) in [5, 5.41) is -0.0625. The second-order valence-corrected chi connectivity index (χ2v) is 5.02. The van der Waals surface area contributed by atoms with Crippen molar-refractivity contribution in [2.75, 3.05) is 6.61 Å². The van der Waals surface area contributed by atoms with Crippen molar-refractivity contribution in [3.05, 3.63) is 34.6 Å². The molecule has 0 saturated heterocycles. The van der Waals surface area contributed by atoms with E-state index in [9.17, 15) is 9.18 Å². The molecule has 1 unspecified atom stereocenters. The Morgan fingerprint density at radius 2 is 2.16 bits per heavy atom. The quantitative estimate of drug-likeness (QED) is 0.670. The van der Waals surface area contributed by atoms with Crippen LogP contribution in [-0.2, 0) is 4.74 Å². The van der Waals surface area contributed by atoms with Crippen molar-refractivity contribution in [2.45, 2.75) is 39.5 Å². The van der Waals surface area contributed by atoms with E-state index in [1.54, 1.807) is 0 Å². The summed E-state index contributed by atoms with van der Waals surface area (Å²) in [6.45, 7) is 4.52.